The van der Waals surface area contributed by atoms with Crippen LogP contribution in [-0.2, 0) is 16.0 Å². The number of nitrogens with one attached hydrogen (secondary N) is 1. The van der Waals surface area contributed by atoms with Crippen molar-refractivity contribution in [1.29, 1.82) is 0 Å². The fourth-order valence-corrected chi connectivity index (χ4v) is 2.76. The molecule has 0 bridgehead atoms. The van der Waals surface area contributed by atoms with Crippen LogP contribution in [0.1, 0.15) is 59.8 Å². The van der Waals surface area contributed by atoms with E-state index in [1.807, 2.05) is 19.1 Å². The van der Waals surface area contributed by atoms with Gasteiger partial charge in [-0.05, 0) is 44.2 Å². The van der Waals surface area contributed by atoms with Gasteiger partial charge < -0.3 is 14.6 Å². The van der Waals surface area contributed by atoms with Crippen molar-refractivity contribution in [3.8, 4) is 0 Å². The second-order valence-corrected chi connectivity index (χ2v) is 6.90. The summed E-state index contributed by atoms with van der Waals surface area (Å²) < 4.78 is 9.99. The Morgan fingerprint density at radius 1 is 1.15 bits per heavy atom. The van der Waals surface area contributed by atoms with Crippen LogP contribution in [0.5, 0.6) is 0 Å². The third-order valence-electron chi connectivity index (χ3n) is 4.07. The van der Waals surface area contributed by atoms with Crippen LogP contribution in [0.4, 0.5) is 0 Å². The first-order valence-corrected chi connectivity index (χ1v) is 8.76. The SMILES string of the molecule is Cc1noc(C)c1C(=O)OCC(=O)N[C@@H](C)c1ccc(CC(C)C)cc1. The van der Waals surface area contributed by atoms with Crippen molar-refractivity contribution in [2.45, 2.75) is 47.1 Å². The summed E-state index contributed by atoms with van der Waals surface area (Å²) in [6, 6.07) is 8.01. The topological polar surface area (TPSA) is 81.4 Å². The van der Waals surface area contributed by atoms with Crippen LogP contribution in [0.15, 0.2) is 28.8 Å². The first kappa shape index (κ1) is 19.7. The summed E-state index contributed by atoms with van der Waals surface area (Å²) in [6.45, 7) is 9.19. The number of aromatic nitrogens is 1. The zero-order valence-electron chi connectivity index (χ0n) is 16.0. The van der Waals surface area contributed by atoms with Crippen molar-refractivity contribution < 1.29 is 18.8 Å². The number of hydrogen-bond donors (Lipinski definition) is 1. The lowest BCUT2D eigenvalue weighted by Gasteiger charge is -2.15. The van der Waals surface area contributed by atoms with E-state index >= 15 is 0 Å². The van der Waals surface area contributed by atoms with Crippen molar-refractivity contribution in [2.24, 2.45) is 5.92 Å². The Kier molecular flexibility index (Phi) is 6.55. The van der Waals surface area contributed by atoms with Crippen molar-refractivity contribution in [1.82, 2.24) is 10.5 Å². The maximum Gasteiger partial charge on any atom is 0.344 e. The van der Waals surface area contributed by atoms with Crippen LogP contribution >= 0.6 is 0 Å². The van der Waals surface area contributed by atoms with Crippen LogP contribution in [0.2, 0.25) is 0 Å². The minimum atomic E-state index is -0.609. The molecule has 0 saturated carbocycles. The Balaban J connectivity index is 1.86. The van der Waals surface area contributed by atoms with Crippen molar-refractivity contribution >= 4 is 11.9 Å². The van der Waals surface area contributed by atoms with Gasteiger partial charge in [0.2, 0.25) is 0 Å². The number of carbonyl (C=O) groups is 2. The van der Waals surface area contributed by atoms with E-state index in [0.29, 0.717) is 17.4 Å². The van der Waals surface area contributed by atoms with Gasteiger partial charge in [0.25, 0.3) is 5.91 Å². The largest absolute Gasteiger partial charge is 0.452 e. The molecule has 0 saturated heterocycles. The summed E-state index contributed by atoms with van der Waals surface area (Å²) in [7, 11) is 0. The zero-order chi connectivity index (χ0) is 19.3. The average Bonchev–Trinajstić information content (AvgIpc) is 2.91. The van der Waals surface area contributed by atoms with Gasteiger partial charge in [-0.15, -0.1) is 0 Å². The summed E-state index contributed by atoms with van der Waals surface area (Å²) in [4.78, 5) is 24.1. The summed E-state index contributed by atoms with van der Waals surface area (Å²) in [6.07, 6.45) is 1.03. The molecule has 1 heterocycles. The molecule has 0 fully saturated rings. The first-order valence-electron chi connectivity index (χ1n) is 8.76. The molecule has 1 aromatic heterocycles. The minimum Gasteiger partial charge on any atom is -0.452 e. The molecule has 1 aromatic carbocycles. The summed E-state index contributed by atoms with van der Waals surface area (Å²) in [5.41, 5.74) is 2.99. The van der Waals surface area contributed by atoms with Gasteiger partial charge in [-0.2, -0.15) is 0 Å². The maximum atomic E-state index is 12.1. The van der Waals surface area contributed by atoms with E-state index in [2.05, 4.69) is 36.5 Å². The van der Waals surface area contributed by atoms with E-state index in [0.717, 1.165) is 12.0 Å². The molecule has 140 valence electrons. The fraction of sp³-hybridized carbons (Fsp3) is 0.450. The molecule has 0 spiro atoms. The molecule has 1 atom stereocenters. The monoisotopic (exact) mass is 358 g/mol. The summed E-state index contributed by atoms with van der Waals surface area (Å²) in [5.74, 6) is 0.0130. The highest BCUT2D eigenvalue weighted by Crippen LogP contribution is 2.16. The molecule has 1 N–H and O–H groups in total. The molecule has 26 heavy (non-hydrogen) atoms. The predicted molar refractivity (Wildman–Crippen MR) is 97.8 cm³/mol. The molecule has 0 aliphatic rings. The number of carbonyl (C=O) groups excluding carboxylic acids is 2. The van der Waals surface area contributed by atoms with Gasteiger partial charge in [-0.25, -0.2) is 4.79 Å². The lowest BCUT2D eigenvalue weighted by molar-refractivity contribution is -0.124. The van der Waals surface area contributed by atoms with Gasteiger partial charge in [0, 0.05) is 0 Å². The van der Waals surface area contributed by atoms with Gasteiger partial charge in [-0.3, -0.25) is 4.79 Å². The number of ether oxygens (including phenoxy) is 1. The van der Waals surface area contributed by atoms with Gasteiger partial charge in [-0.1, -0.05) is 43.3 Å². The maximum absolute atomic E-state index is 12.1. The Morgan fingerprint density at radius 2 is 1.81 bits per heavy atom. The number of hydrogen-bond acceptors (Lipinski definition) is 5. The summed E-state index contributed by atoms with van der Waals surface area (Å²) >= 11 is 0. The Labute approximate surface area is 153 Å². The first-order chi connectivity index (χ1) is 12.3. The van der Waals surface area contributed by atoms with Gasteiger partial charge in [0.1, 0.15) is 11.3 Å². The molecular formula is C20H26N2O4. The molecule has 6 nitrogen and oxygen atoms in total. The number of nitrogens with zero attached hydrogens (tertiary/aromatic N) is 1. The van der Waals surface area contributed by atoms with Crippen LogP contribution < -0.4 is 5.32 Å². The van der Waals surface area contributed by atoms with E-state index in [9.17, 15) is 9.59 Å². The molecule has 6 heteroatoms. The van der Waals surface area contributed by atoms with Crippen molar-refractivity contribution in [2.75, 3.05) is 6.61 Å². The van der Waals surface area contributed by atoms with Crippen LogP contribution in [0.25, 0.3) is 0 Å². The van der Waals surface area contributed by atoms with E-state index in [4.69, 9.17) is 9.26 Å². The fourth-order valence-electron chi connectivity index (χ4n) is 2.76. The summed E-state index contributed by atoms with van der Waals surface area (Å²) in [5, 5.41) is 6.53. The lowest BCUT2D eigenvalue weighted by Crippen LogP contribution is -2.31. The second kappa shape index (κ2) is 8.65. The van der Waals surface area contributed by atoms with Gasteiger partial charge in [0.15, 0.2) is 6.61 Å². The van der Waals surface area contributed by atoms with Crippen molar-refractivity contribution in [3.63, 3.8) is 0 Å². The lowest BCUT2D eigenvalue weighted by atomic mass is 10.00. The smallest absolute Gasteiger partial charge is 0.344 e. The van der Waals surface area contributed by atoms with E-state index in [1.165, 1.54) is 5.56 Å². The minimum absolute atomic E-state index is 0.173. The van der Waals surface area contributed by atoms with E-state index in [1.54, 1.807) is 13.8 Å². The molecule has 0 aliphatic carbocycles. The molecule has 2 rings (SSSR count). The third kappa shape index (κ3) is 5.18. The quantitative estimate of drug-likeness (QED) is 0.766. The molecule has 0 aliphatic heterocycles. The molecule has 1 amide bonds. The van der Waals surface area contributed by atoms with Crippen LogP contribution in [-0.4, -0.2) is 23.6 Å². The van der Waals surface area contributed by atoms with E-state index in [-0.39, 0.29) is 24.1 Å². The molecule has 0 radical (unpaired) electrons. The zero-order valence-corrected chi connectivity index (χ0v) is 16.0. The standard InChI is InChI=1S/C20H26N2O4/c1-12(2)10-16-6-8-17(9-7-16)13(3)21-18(23)11-25-20(24)19-14(4)22-26-15(19)5/h6-9,12-13H,10-11H2,1-5H3,(H,21,23)/t13-/m0/s1. The molecule has 2 aromatic rings. The normalized spacial score (nSPS) is 12.1. The van der Waals surface area contributed by atoms with Crippen LogP contribution in [0.3, 0.4) is 0 Å². The Morgan fingerprint density at radius 3 is 2.35 bits per heavy atom. The van der Waals surface area contributed by atoms with Gasteiger partial charge in [0.05, 0.1) is 11.7 Å². The number of aryl methyl sites for hydroxylation is 2. The second-order valence-electron chi connectivity index (χ2n) is 6.90. The number of benzene rings is 1. The highest BCUT2D eigenvalue weighted by atomic mass is 16.5. The van der Waals surface area contributed by atoms with Crippen molar-refractivity contribution in [3.05, 3.63) is 52.4 Å². The third-order valence-corrected chi connectivity index (χ3v) is 4.07. The Hall–Kier alpha value is -2.63. The number of amides is 1. The van der Waals surface area contributed by atoms with E-state index < -0.39 is 5.97 Å². The van der Waals surface area contributed by atoms with Crippen LogP contribution in [0, 0.1) is 19.8 Å². The molecule has 0 unspecified atom stereocenters. The average molecular weight is 358 g/mol. The highest BCUT2D eigenvalue weighted by Gasteiger charge is 2.20. The molecular weight excluding hydrogens is 332 g/mol. The Bertz CT molecular complexity index is 743. The predicted octanol–water partition coefficient (Wildman–Crippen LogP) is 3.52. The van der Waals surface area contributed by atoms with Gasteiger partial charge >= 0.3 is 5.97 Å². The number of rotatable bonds is 7. The highest BCUT2D eigenvalue weighted by molar-refractivity contribution is 5.93. The number of esters is 1.